The van der Waals surface area contributed by atoms with Gasteiger partial charge in [0.1, 0.15) is 5.56 Å². The van der Waals surface area contributed by atoms with Crippen LogP contribution < -0.4 is 5.56 Å². The standard InChI is InChI=1S/C24H29N3O4/c1-16-14-27(15-17(2)31-16)23(29)19-10-12-26(13-11-19)24(30)20-8-9-21(25-22(20)28)18-6-4-3-5-7-18/h3-9,16-17,19H,10-15H2,1-2H3,(H,25,28). The molecule has 0 saturated carbocycles. The molecule has 2 fully saturated rings. The SMILES string of the molecule is CC1CN(C(=O)C2CCN(C(=O)c3ccc(-c4ccccc4)[nH]c3=O)CC2)CC(C)O1. The number of carbonyl (C=O) groups excluding carboxylic acids is 2. The minimum Gasteiger partial charge on any atom is -0.372 e. The number of benzene rings is 1. The maximum Gasteiger partial charge on any atom is 0.261 e. The van der Waals surface area contributed by atoms with Gasteiger partial charge in [0, 0.05) is 37.8 Å². The summed E-state index contributed by atoms with van der Waals surface area (Å²) in [6.07, 6.45) is 1.31. The number of aromatic amines is 1. The first kappa shape index (κ1) is 21.3. The van der Waals surface area contributed by atoms with Crippen LogP contribution in [0.15, 0.2) is 47.3 Å². The number of aromatic nitrogens is 1. The second-order valence-corrected chi connectivity index (χ2v) is 8.55. The molecule has 2 unspecified atom stereocenters. The zero-order chi connectivity index (χ0) is 22.0. The van der Waals surface area contributed by atoms with Gasteiger partial charge in [-0.1, -0.05) is 30.3 Å². The van der Waals surface area contributed by atoms with Crippen LogP contribution in [0.4, 0.5) is 0 Å². The quantitative estimate of drug-likeness (QED) is 0.823. The van der Waals surface area contributed by atoms with Crippen molar-refractivity contribution in [3.8, 4) is 11.3 Å². The first-order valence-corrected chi connectivity index (χ1v) is 10.9. The van der Waals surface area contributed by atoms with Gasteiger partial charge in [0.15, 0.2) is 0 Å². The Bertz CT molecular complexity index is 985. The molecule has 31 heavy (non-hydrogen) atoms. The van der Waals surface area contributed by atoms with Crippen LogP contribution in [0.5, 0.6) is 0 Å². The highest BCUT2D eigenvalue weighted by atomic mass is 16.5. The lowest BCUT2D eigenvalue weighted by atomic mass is 9.94. The van der Waals surface area contributed by atoms with E-state index in [1.165, 1.54) is 0 Å². The van der Waals surface area contributed by atoms with Crippen LogP contribution in [-0.4, -0.2) is 65.0 Å². The van der Waals surface area contributed by atoms with Gasteiger partial charge in [-0.2, -0.15) is 0 Å². The van der Waals surface area contributed by atoms with Crippen molar-refractivity contribution in [3.63, 3.8) is 0 Å². The predicted octanol–water partition coefficient (Wildman–Crippen LogP) is 2.53. The van der Waals surface area contributed by atoms with E-state index in [0.29, 0.717) is 44.7 Å². The lowest BCUT2D eigenvalue weighted by molar-refractivity contribution is -0.148. The molecule has 1 aromatic carbocycles. The normalized spacial score (nSPS) is 22.4. The summed E-state index contributed by atoms with van der Waals surface area (Å²) in [5, 5.41) is 0. The van der Waals surface area contributed by atoms with Crippen LogP contribution in [0, 0.1) is 5.92 Å². The third kappa shape index (κ3) is 4.71. The van der Waals surface area contributed by atoms with E-state index in [2.05, 4.69) is 4.98 Å². The van der Waals surface area contributed by atoms with Gasteiger partial charge in [-0.3, -0.25) is 14.4 Å². The second kappa shape index (κ2) is 9.06. The first-order chi connectivity index (χ1) is 14.9. The molecule has 0 spiro atoms. The molecule has 4 rings (SSSR count). The van der Waals surface area contributed by atoms with E-state index in [0.717, 1.165) is 5.56 Å². The van der Waals surface area contributed by atoms with Crippen molar-refractivity contribution in [2.75, 3.05) is 26.2 Å². The largest absolute Gasteiger partial charge is 0.372 e. The summed E-state index contributed by atoms with van der Waals surface area (Å²) < 4.78 is 5.72. The molecule has 1 aromatic heterocycles. The number of H-pyrrole nitrogens is 1. The van der Waals surface area contributed by atoms with Crippen LogP contribution >= 0.6 is 0 Å². The number of likely N-dealkylation sites (tertiary alicyclic amines) is 1. The maximum absolute atomic E-state index is 12.9. The molecular formula is C24H29N3O4. The van der Waals surface area contributed by atoms with E-state index in [1.807, 2.05) is 49.1 Å². The summed E-state index contributed by atoms with van der Waals surface area (Å²) in [5.74, 6) is -0.208. The smallest absolute Gasteiger partial charge is 0.261 e. The minimum atomic E-state index is -0.388. The molecule has 2 saturated heterocycles. The summed E-state index contributed by atoms with van der Waals surface area (Å²) >= 11 is 0. The van der Waals surface area contributed by atoms with Crippen molar-refractivity contribution in [2.24, 2.45) is 5.92 Å². The van der Waals surface area contributed by atoms with E-state index in [4.69, 9.17) is 4.74 Å². The van der Waals surface area contributed by atoms with Crippen molar-refractivity contribution < 1.29 is 14.3 Å². The molecule has 1 N–H and O–H groups in total. The number of amides is 2. The van der Waals surface area contributed by atoms with Crippen molar-refractivity contribution in [1.82, 2.24) is 14.8 Å². The Hall–Kier alpha value is -2.93. The number of rotatable bonds is 3. The van der Waals surface area contributed by atoms with Gasteiger partial charge in [0.25, 0.3) is 11.5 Å². The summed E-state index contributed by atoms with van der Waals surface area (Å²) in [4.78, 5) is 44.8. The zero-order valence-electron chi connectivity index (χ0n) is 18.0. The number of hydrogen-bond donors (Lipinski definition) is 1. The predicted molar refractivity (Wildman–Crippen MR) is 118 cm³/mol. The van der Waals surface area contributed by atoms with E-state index in [9.17, 15) is 14.4 Å². The number of carbonyl (C=O) groups is 2. The summed E-state index contributed by atoms with van der Waals surface area (Å²) in [7, 11) is 0. The van der Waals surface area contributed by atoms with Gasteiger partial charge in [-0.05, 0) is 44.4 Å². The minimum absolute atomic E-state index is 0.0416. The summed E-state index contributed by atoms with van der Waals surface area (Å²) in [6.45, 7) is 6.15. The number of hydrogen-bond acceptors (Lipinski definition) is 4. The number of ether oxygens (including phenoxy) is 1. The van der Waals surface area contributed by atoms with Crippen LogP contribution in [0.3, 0.4) is 0 Å². The fourth-order valence-corrected chi connectivity index (χ4v) is 4.54. The highest BCUT2D eigenvalue weighted by Gasteiger charge is 2.34. The molecule has 2 aliphatic rings. The van der Waals surface area contributed by atoms with E-state index >= 15 is 0 Å². The Balaban J connectivity index is 1.38. The van der Waals surface area contributed by atoms with Crippen LogP contribution in [-0.2, 0) is 9.53 Å². The molecule has 0 radical (unpaired) electrons. The number of nitrogens with one attached hydrogen (secondary N) is 1. The zero-order valence-corrected chi connectivity index (χ0v) is 18.0. The number of nitrogens with zero attached hydrogens (tertiary/aromatic N) is 2. The average molecular weight is 424 g/mol. The van der Waals surface area contributed by atoms with E-state index < -0.39 is 0 Å². The van der Waals surface area contributed by atoms with Gasteiger partial charge < -0.3 is 19.5 Å². The maximum atomic E-state index is 12.9. The Kier molecular flexibility index (Phi) is 6.23. The van der Waals surface area contributed by atoms with Gasteiger partial charge >= 0.3 is 0 Å². The molecule has 164 valence electrons. The Morgan fingerprint density at radius 2 is 1.58 bits per heavy atom. The fraction of sp³-hybridized carbons (Fsp3) is 0.458. The van der Waals surface area contributed by atoms with Gasteiger partial charge in [-0.25, -0.2) is 0 Å². The number of piperidine rings is 1. The van der Waals surface area contributed by atoms with Crippen LogP contribution in [0.25, 0.3) is 11.3 Å². The average Bonchev–Trinajstić information content (AvgIpc) is 2.78. The van der Waals surface area contributed by atoms with Gasteiger partial charge in [-0.15, -0.1) is 0 Å². The van der Waals surface area contributed by atoms with Gasteiger partial charge in [0.2, 0.25) is 5.91 Å². The molecule has 2 atom stereocenters. The lowest BCUT2D eigenvalue weighted by Crippen LogP contribution is -2.52. The highest BCUT2D eigenvalue weighted by molar-refractivity contribution is 5.94. The summed E-state index contributed by atoms with van der Waals surface area (Å²) in [5.41, 5.74) is 1.33. The molecule has 0 aliphatic carbocycles. The topological polar surface area (TPSA) is 82.7 Å². The van der Waals surface area contributed by atoms with Crippen molar-refractivity contribution in [3.05, 3.63) is 58.4 Å². The Morgan fingerprint density at radius 3 is 2.19 bits per heavy atom. The Labute approximate surface area is 182 Å². The molecule has 7 heteroatoms. The number of morpholine rings is 1. The van der Waals surface area contributed by atoms with Crippen molar-refractivity contribution in [1.29, 1.82) is 0 Å². The third-order valence-electron chi connectivity index (χ3n) is 6.09. The molecule has 2 aliphatic heterocycles. The molecule has 3 heterocycles. The molecular weight excluding hydrogens is 394 g/mol. The molecule has 2 aromatic rings. The fourth-order valence-electron chi connectivity index (χ4n) is 4.54. The number of pyridine rings is 1. The van der Waals surface area contributed by atoms with Crippen LogP contribution in [0.2, 0.25) is 0 Å². The van der Waals surface area contributed by atoms with Crippen LogP contribution in [0.1, 0.15) is 37.0 Å². The highest BCUT2D eigenvalue weighted by Crippen LogP contribution is 2.23. The van der Waals surface area contributed by atoms with E-state index in [1.54, 1.807) is 17.0 Å². The second-order valence-electron chi connectivity index (χ2n) is 8.55. The van der Waals surface area contributed by atoms with Crippen molar-refractivity contribution in [2.45, 2.75) is 38.9 Å². The van der Waals surface area contributed by atoms with Crippen molar-refractivity contribution >= 4 is 11.8 Å². The van der Waals surface area contributed by atoms with E-state index in [-0.39, 0.29) is 41.1 Å². The summed E-state index contributed by atoms with van der Waals surface area (Å²) in [6, 6.07) is 12.9. The third-order valence-corrected chi connectivity index (χ3v) is 6.09. The molecule has 2 amide bonds. The monoisotopic (exact) mass is 423 g/mol. The van der Waals surface area contributed by atoms with Gasteiger partial charge in [0.05, 0.1) is 12.2 Å². The molecule has 7 nitrogen and oxygen atoms in total. The lowest BCUT2D eigenvalue weighted by Gasteiger charge is -2.39. The Morgan fingerprint density at radius 1 is 0.935 bits per heavy atom. The first-order valence-electron chi connectivity index (χ1n) is 10.9. The molecule has 0 bridgehead atoms.